The average Bonchev–Trinajstić information content (AvgIpc) is 2.14. The van der Waals surface area contributed by atoms with Gasteiger partial charge in [-0.05, 0) is 18.2 Å². The van der Waals surface area contributed by atoms with Crippen LogP contribution in [0.3, 0.4) is 0 Å². The molecule has 84 valence electrons. The Kier molecular flexibility index (Phi) is 4.12. The normalized spacial score (nSPS) is 11.6. The van der Waals surface area contributed by atoms with Crippen LogP contribution in [0.5, 0.6) is 0 Å². The highest BCUT2D eigenvalue weighted by atomic mass is 79.9. The maximum Gasteiger partial charge on any atom is 0.182 e. The zero-order valence-corrected chi connectivity index (χ0v) is 10.6. The fraction of sp³-hybridized carbons (Fsp3) is 0.333. The Labute approximate surface area is 97.5 Å². The lowest BCUT2D eigenvalue weighted by Crippen LogP contribution is -2.13. The third-order valence-corrected chi connectivity index (χ3v) is 4.10. The lowest BCUT2D eigenvalue weighted by Gasteiger charge is -2.07. The van der Waals surface area contributed by atoms with E-state index in [9.17, 15) is 8.42 Å². The summed E-state index contributed by atoms with van der Waals surface area (Å²) in [4.78, 5) is 0.155. The second-order valence-electron chi connectivity index (χ2n) is 2.99. The van der Waals surface area contributed by atoms with Crippen LogP contribution in [-0.2, 0) is 14.6 Å². The van der Waals surface area contributed by atoms with Gasteiger partial charge in [0.1, 0.15) is 0 Å². The molecule has 0 unspecified atom stereocenters. The van der Waals surface area contributed by atoms with E-state index in [0.29, 0.717) is 0 Å². The molecule has 0 spiro atoms. The van der Waals surface area contributed by atoms with Gasteiger partial charge in [0.25, 0.3) is 0 Å². The van der Waals surface area contributed by atoms with Gasteiger partial charge in [0, 0.05) is 11.6 Å². The first kappa shape index (κ1) is 12.5. The van der Waals surface area contributed by atoms with Gasteiger partial charge in [-0.3, -0.25) is 0 Å². The van der Waals surface area contributed by atoms with Crippen molar-refractivity contribution in [3.05, 3.63) is 22.7 Å². The van der Waals surface area contributed by atoms with Crippen LogP contribution in [0.15, 0.2) is 27.6 Å². The van der Waals surface area contributed by atoms with Gasteiger partial charge in [-0.1, -0.05) is 15.9 Å². The highest BCUT2D eigenvalue weighted by Crippen LogP contribution is 2.23. The summed E-state index contributed by atoms with van der Waals surface area (Å²) in [7, 11) is -1.88. The minimum absolute atomic E-state index is 0.0602. The van der Waals surface area contributed by atoms with E-state index in [-0.39, 0.29) is 22.9 Å². The number of anilines is 1. The number of rotatable bonds is 4. The molecular formula is C9H12BrNO3S. The first-order valence-electron chi connectivity index (χ1n) is 4.24. The Hall–Kier alpha value is -0.590. The fourth-order valence-electron chi connectivity index (χ4n) is 1.11. The quantitative estimate of drug-likeness (QED) is 0.853. The van der Waals surface area contributed by atoms with E-state index in [0.717, 1.165) is 4.47 Å². The largest absolute Gasteiger partial charge is 0.398 e. The first-order valence-corrected chi connectivity index (χ1v) is 6.68. The van der Waals surface area contributed by atoms with Crippen LogP contribution in [0.2, 0.25) is 0 Å². The minimum atomic E-state index is -3.34. The highest BCUT2D eigenvalue weighted by Gasteiger charge is 2.17. The summed E-state index contributed by atoms with van der Waals surface area (Å²) < 4.78 is 29.0. The lowest BCUT2D eigenvalue weighted by atomic mass is 10.3. The number of benzene rings is 1. The van der Waals surface area contributed by atoms with Crippen molar-refractivity contribution in [3.63, 3.8) is 0 Å². The maximum absolute atomic E-state index is 11.7. The number of sulfone groups is 1. The second-order valence-corrected chi connectivity index (χ2v) is 5.99. The van der Waals surface area contributed by atoms with E-state index in [1.54, 1.807) is 12.1 Å². The van der Waals surface area contributed by atoms with Gasteiger partial charge in [0.2, 0.25) is 0 Å². The molecule has 0 heterocycles. The van der Waals surface area contributed by atoms with Crippen molar-refractivity contribution in [2.45, 2.75) is 4.90 Å². The summed E-state index contributed by atoms with van der Waals surface area (Å²) in [6.07, 6.45) is 0. The molecule has 0 aliphatic rings. The van der Waals surface area contributed by atoms with Crippen LogP contribution in [0.4, 0.5) is 5.69 Å². The fourth-order valence-corrected chi connectivity index (χ4v) is 2.78. The molecule has 1 aromatic carbocycles. The van der Waals surface area contributed by atoms with Gasteiger partial charge in [-0.15, -0.1) is 0 Å². The van der Waals surface area contributed by atoms with Crippen LogP contribution >= 0.6 is 15.9 Å². The number of halogens is 1. The molecule has 6 heteroatoms. The topological polar surface area (TPSA) is 69.4 Å². The number of hydrogen-bond acceptors (Lipinski definition) is 4. The van der Waals surface area contributed by atoms with Crippen molar-refractivity contribution in [2.24, 2.45) is 0 Å². The van der Waals surface area contributed by atoms with Gasteiger partial charge >= 0.3 is 0 Å². The molecule has 1 rings (SSSR count). The third kappa shape index (κ3) is 3.19. The minimum Gasteiger partial charge on any atom is -0.398 e. The van der Waals surface area contributed by atoms with Crippen molar-refractivity contribution in [1.82, 2.24) is 0 Å². The molecule has 0 aliphatic heterocycles. The molecule has 0 aromatic heterocycles. The van der Waals surface area contributed by atoms with Crippen molar-refractivity contribution in [2.75, 3.05) is 25.2 Å². The summed E-state index contributed by atoms with van der Waals surface area (Å²) in [5.41, 5.74) is 5.88. The number of methoxy groups -OCH3 is 1. The number of nitrogen functional groups attached to an aromatic ring is 1. The van der Waals surface area contributed by atoms with E-state index in [1.807, 2.05) is 0 Å². The van der Waals surface area contributed by atoms with Crippen LogP contribution in [-0.4, -0.2) is 27.9 Å². The molecule has 0 saturated heterocycles. The van der Waals surface area contributed by atoms with Crippen molar-refractivity contribution >= 4 is 31.5 Å². The van der Waals surface area contributed by atoms with Gasteiger partial charge in [0.05, 0.1) is 22.9 Å². The monoisotopic (exact) mass is 293 g/mol. The molecule has 0 saturated carbocycles. The first-order chi connectivity index (χ1) is 6.97. The zero-order chi connectivity index (χ0) is 11.5. The molecule has 15 heavy (non-hydrogen) atoms. The SMILES string of the molecule is COCCS(=O)(=O)c1ccc(Br)cc1N. The number of nitrogens with two attached hydrogens (primary N) is 1. The Bertz CT molecular complexity index is 445. The second kappa shape index (κ2) is 4.96. The average molecular weight is 294 g/mol. The smallest absolute Gasteiger partial charge is 0.182 e. The predicted molar refractivity (Wildman–Crippen MR) is 62.5 cm³/mol. The summed E-state index contributed by atoms with van der Waals surface area (Å²) in [6, 6.07) is 4.71. The Morgan fingerprint density at radius 1 is 1.47 bits per heavy atom. The Morgan fingerprint density at radius 3 is 2.67 bits per heavy atom. The zero-order valence-electron chi connectivity index (χ0n) is 8.23. The molecule has 0 fully saturated rings. The molecule has 1 aromatic rings. The number of hydrogen-bond donors (Lipinski definition) is 1. The van der Waals surface area contributed by atoms with Crippen LogP contribution < -0.4 is 5.73 Å². The molecule has 0 amide bonds. The molecule has 0 radical (unpaired) electrons. The molecule has 0 atom stereocenters. The van der Waals surface area contributed by atoms with Gasteiger partial charge in [0.15, 0.2) is 9.84 Å². The van der Waals surface area contributed by atoms with Crippen LogP contribution in [0, 0.1) is 0 Å². The third-order valence-electron chi connectivity index (χ3n) is 1.86. The van der Waals surface area contributed by atoms with E-state index < -0.39 is 9.84 Å². The van der Waals surface area contributed by atoms with E-state index in [4.69, 9.17) is 10.5 Å². The van der Waals surface area contributed by atoms with Crippen LogP contribution in [0.25, 0.3) is 0 Å². The predicted octanol–water partition coefficient (Wildman–Crippen LogP) is 1.45. The van der Waals surface area contributed by atoms with Gasteiger partial charge < -0.3 is 10.5 Å². The molecule has 0 bridgehead atoms. The van der Waals surface area contributed by atoms with Crippen molar-refractivity contribution < 1.29 is 13.2 Å². The maximum atomic E-state index is 11.7. The van der Waals surface area contributed by atoms with Gasteiger partial charge in [-0.2, -0.15) is 0 Å². The molecule has 4 nitrogen and oxygen atoms in total. The Balaban J connectivity index is 3.05. The standard InChI is InChI=1S/C9H12BrNO3S/c1-14-4-5-15(12,13)9-3-2-7(10)6-8(9)11/h2-3,6H,4-5,11H2,1H3. The summed E-state index contributed by atoms with van der Waals surface area (Å²) in [5.74, 6) is -0.0602. The Morgan fingerprint density at radius 2 is 2.13 bits per heavy atom. The van der Waals surface area contributed by atoms with Gasteiger partial charge in [-0.25, -0.2) is 8.42 Å². The summed E-state index contributed by atoms with van der Waals surface area (Å²) >= 11 is 3.22. The summed E-state index contributed by atoms with van der Waals surface area (Å²) in [5, 5.41) is 0. The molecule has 2 N–H and O–H groups in total. The van der Waals surface area contributed by atoms with E-state index >= 15 is 0 Å². The van der Waals surface area contributed by atoms with Crippen molar-refractivity contribution in [1.29, 1.82) is 0 Å². The lowest BCUT2D eigenvalue weighted by molar-refractivity contribution is 0.217. The summed E-state index contributed by atoms with van der Waals surface area (Å²) in [6.45, 7) is 0.165. The van der Waals surface area contributed by atoms with Crippen molar-refractivity contribution in [3.8, 4) is 0 Å². The molecular weight excluding hydrogens is 282 g/mol. The van der Waals surface area contributed by atoms with E-state index in [1.165, 1.54) is 13.2 Å². The van der Waals surface area contributed by atoms with Crippen LogP contribution in [0.1, 0.15) is 0 Å². The molecule has 0 aliphatic carbocycles. The van der Waals surface area contributed by atoms with E-state index in [2.05, 4.69) is 15.9 Å². The number of ether oxygens (including phenoxy) is 1. The highest BCUT2D eigenvalue weighted by molar-refractivity contribution is 9.10.